The smallest absolute Gasteiger partial charge is 0.340 e. The van der Waals surface area contributed by atoms with Gasteiger partial charge in [-0.1, -0.05) is 0 Å². The zero-order chi connectivity index (χ0) is 13.8. The molecule has 1 N–H and O–H groups in total. The SMILES string of the molecule is COC(=O)/C=C(/C(=O)OC)c1cc2c([nH]1)CCCC2. The van der Waals surface area contributed by atoms with Crippen molar-refractivity contribution in [2.45, 2.75) is 25.7 Å². The summed E-state index contributed by atoms with van der Waals surface area (Å²) in [5, 5.41) is 0. The van der Waals surface area contributed by atoms with Crippen molar-refractivity contribution in [3.8, 4) is 0 Å². The van der Waals surface area contributed by atoms with Gasteiger partial charge < -0.3 is 14.5 Å². The number of carbonyl (C=O) groups excluding carboxylic acids is 2. The summed E-state index contributed by atoms with van der Waals surface area (Å²) in [5.41, 5.74) is 3.16. The highest BCUT2D eigenvalue weighted by molar-refractivity contribution is 6.20. The highest BCUT2D eigenvalue weighted by atomic mass is 16.5. The van der Waals surface area contributed by atoms with Crippen LogP contribution in [-0.4, -0.2) is 31.1 Å². The van der Waals surface area contributed by atoms with Gasteiger partial charge in [0.25, 0.3) is 0 Å². The molecule has 0 aliphatic heterocycles. The van der Waals surface area contributed by atoms with Gasteiger partial charge in [0.05, 0.1) is 25.5 Å². The molecular formula is C14H17NO4. The Balaban J connectivity index is 2.38. The number of carbonyl (C=O) groups is 2. The molecular weight excluding hydrogens is 246 g/mol. The van der Waals surface area contributed by atoms with Gasteiger partial charge >= 0.3 is 11.9 Å². The third kappa shape index (κ3) is 2.86. The van der Waals surface area contributed by atoms with Crippen LogP contribution in [0.2, 0.25) is 0 Å². The van der Waals surface area contributed by atoms with E-state index in [1.54, 1.807) is 0 Å². The Labute approximate surface area is 111 Å². The number of H-pyrrole nitrogens is 1. The van der Waals surface area contributed by atoms with E-state index in [9.17, 15) is 9.59 Å². The Morgan fingerprint density at radius 1 is 1.21 bits per heavy atom. The van der Waals surface area contributed by atoms with Crippen molar-refractivity contribution < 1.29 is 19.1 Å². The molecule has 0 fully saturated rings. The zero-order valence-corrected chi connectivity index (χ0v) is 11.1. The van der Waals surface area contributed by atoms with E-state index in [0.29, 0.717) is 5.69 Å². The van der Waals surface area contributed by atoms with Crippen molar-refractivity contribution in [3.05, 3.63) is 29.1 Å². The van der Waals surface area contributed by atoms with Gasteiger partial charge in [-0.25, -0.2) is 9.59 Å². The average molecular weight is 263 g/mol. The van der Waals surface area contributed by atoms with Crippen molar-refractivity contribution in [3.63, 3.8) is 0 Å². The van der Waals surface area contributed by atoms with Gasteiger partial charge in [-0.05, 0) is 37.3 Å². The number of ether oxygens (including phenoxy) is 2. The van der Waals surface area contributed by atoms with Gasteiger partial charge in [0.15, 0.2) is 0 Å². The molecule has 0 saturated heterocycles. The standard InChI is InChI=1S/C14H17NO4/c1-18-13(16)8-10(14(17)19-2)12-7-9-5-3-4-6-11(9)15-12/h7-8,15H,3-6H2,1-2H3/b10-8+. The average Bonchev–Trinajstić information content (AvgIpc) is 2.87. The molecule has 0 aromatic carbocycles. The molecule has 0 spiro atoms. The van der Waals surface area contributed by atoms with E-state index in [2.05, 4.69) is 9.72 Å². The van der Waals surface area contributed by atoms with Crippen LogP contribution < -0.4 is 0 Å². The predicted molar refractivity (Wildman–Crippen MR) is 69.4 cm³/mol. The van der Waals surface area contributed by atoms with Crippen molar-refractivity contribution in [2.75, 3.05) is 14.2 Å². The first-order valence-electron chi connectivity index (χ1n) is 6.24. The summed E-state index contributed by atoms with van der Waals surface area (Å²) in [6, 6.07) is 1.92. The fraction of sp³-hybridized carbons (Fsp3) is 0.429. The van der Waals surface area contributed by atoms with Crippen LogP contribution in [0.15, 0.2) is 12.1 Å². The molecule has 1 heterocycles. The number of aryl methyl sites for hydroxylation is 2. The van der Waals surface area contributed by atoms with Gasteiger partial charge in [-0.3, -0.25) is 0 Å². The second kappa shape index (κ2) is 5.73. The van der Waals surface area contributed by atoms with E-state index in [0.717, 1.165) is 37.5 Å². The summed E-state index contributed by atoms with van der Waals surface area (Å²) in [4.78, 5) is 26.3. The number of hydrogen-bond donors (Lipinski definition) is 1. The lowest BCUT2D eigenvalue weighted by Gasteiger charge is -2.09. The molecule has 0 amide bonds. The molecule has 0 unspecified atom stereocenters. The molecule has 102 valence electrons. The summed E-state index contributed by atoms with van der Waals surface area (Å²) in [5.74, 6) is -1.13. The number of fused-ring (bicyclic) bond motifs is 1. The number of nitrogens with one attached hydrogen (secondary N) is 1. The fourth-order valence-electron chi connectivity index (χ4n) is 2.28. The van der Waals surface area contributed by atoms with E-state index in [1.807, 2.05) is 6.07 Å². The maximum Gasteiger partial charge on any atom is 0.340 e. The first-order chi connectivity index (χ1) is 9.15. The first-order valence-corrected chi connectivity index (χ1v) is 6.24. The molecule has 1 aromatic heterocycles. The Bertz CT molecular complexity index is 504. The van der Waals surface area contributed by atoms with Crippen LogP contribution in [-0.2, 0) is 31.9 Å². The van der Waals surface area contributed by atoms with Gasteiger partial charge in [0.1, 0.15) is 0 Å². The van der Waals surface area contributed by atoms with Gasteiger partial charge in [0, 0.05) is 11.8 Å². The van der Waals surface area contributed by atoms with Crippen LogP contribution in [0.25, 0.3) is 5.57 Å². The summed E-state index contributed by atoms with van der Waals surface area (Å²) >= 11 is 0. The van der Waals surface area contributed by atoms with E-state index >= 15 is 0 Å². The fourth-order valence-corrected chi connectivity index (χ4v) is 2.28. The largest absolute Gasteiger partial charge is 0.466 e. The van der Waals surface area contributed by atoms with Crippen LogP contribution in [0.5, 0.6) is 0 Å². The van der Waals surface area contributed by atoms with E-state index in [1.165, 1.54) is 19.8 Å². The molecule has 0 radical (unpaired) electrons. The highest BCUT2D eigenvalue weighted by Crippen LogP contribution is 2.25. The number of methoxy groups -OCH3 is 2. The monoisotopic (exact) mass is 263 g/mol. The molecule has 0 atom stereocenters. The topological polar surface area (TPSA) is 68.4 Å². The predicted octanol–water partition coefficient (Wildman–Crippen LogP) is 1.62. The summed E-state index contributed by atoms with van der Waals surface area (Å²) < 4.78 is 9.27. The molecule has 1 aromatic rings. The summed E-state index contributed by atoms with van der Waals surface area (Å²) in [6.45, 7) is 0. The van der Waals surface area contributed by atoms with Crippen LogP contribution in [0.3, 0.4) is 0 Å². The minimum Gasteiger partial charge on any atom is -0.466 e. The number of aromatic nitrogens is 1. The molecule has 5 nitrogen and oxygen atoms in total. The normalized spacial score (nSPS) is 14.7. The first kappa shape index (κ1) is 13.4. The van der Waals surface area contributed by atoms with Crippen molar-refractivity contribution in [1.29, 1.82) is 0 Å². The maximum absolute atomic E-state index is 11.8. The zero-order valence-electron chi connectivity index (χ0n) is 11.1. The Morgan fingerprint density at radius 3 is 2.58 bits per heavy atom. The van der Waals surface area contributed by atoms with Crippen LogP contribution in [0.1, 0.15) is 29.8 Å². The molecule has 19 heavy (non-hydrogen) atoms. The van der Waals surface area contributed by atoms with Crippen molar-refractivity contribution in [1.82, 2.24) is 4.98 Å². The Hall–Kier alpha value is -2.04. The minimum atomic E-state index is -0.576. The number of rotatable bonds is 3. The van der Waals surface area contributed by atoms with E-state index < -0.39 is 11.9 Å². The summed E-state index contributed by atoms with van der Waals surface area (Å²) in [6.07, 6.45) is 5.42. The lowest BCUT2D eigenvalue weighted by atomic mass is 9.98. The Morgan fingerprint density at radius 2 is 1.95 bits per heavy atom. The number of aromatic amines is 1. The molecule has 2 rings (SSSR count). The van der Waals surface area contributed by atoms with Gasteiger partial charge in [0.2, 0.25) is 0 Å². The van der Waals surface area contributed by atoms with Gasteiger partial charge in [-0.2, -0.15) is 0 Å². The third-order valence-electron chi connectivity index (χ3n) is 3.27. The number of hydrogen-bond acceptors (Lipinski definition) is 4. The molecule has 5 heteroatoms. The quantitative estimate of drug-likeness (QED) is 0.664. The van der Waals surface area contributed by atoms with Crippen molar-refractivity contribution >= 4 is 17.5 Å². The summed E-state index contributed by atoms with van der Waals surface area (Å²) in [7, 11) is 2.56. The molecule has 1 aliphatic carbocycles. The lowest BCUT2D eigenvalue weighted by Crippen LogP contribution is -2.08. The van der Waals surface area contributed by atoms with Gasteiger partial charge in [-0.15, -0.1) is 0 Å². The third-order valence-corrected chi connectivity index (χ3v) is 3.27. The van der Waals surface area contributed by atoms with E-state index in [-0.39, 0.29) is 5.57 Å². The Kier molecular flexibility index (Phi) is 4.04. The van der Waals surface area contributed by atoms with E-state index in [4.69, 9.17) is 4.74 Å². The van der Waals surface area contributed by atoms with Crippen LogP contribution in [0, 0.1) is 0 Å². The van der Waals surface area contributed by atoms with Crippen LogP contribution in [0.4, 0.5) is 0 Å². The highest BCUT2D eigenvalue weighted by Gasteiger charge is 2.20. The molecule has 0 saturated carbocycles. The second-order valence-corrected chi connectivity index (χ2v) is 4.47. The second-order valence-electron chi connectivity index (χ2n) is 4.47. The lowest BCUT2D eigenvalue weighted by molar-refractivity contribution is -0.136. The number of esters is 2. The minimum absolute atomic E-state index is 0.198. The molecule has 0 bridgehead atoms. The maximum atomic E-state index is 11.8. The molecule has 1 aliphatic rings. The van der Waals surface area contributed by atoms with Crippen molar-refractivity contribution in [2.24, 2.45) is 0 Å². The van der Waals surface area contributed by atoms with Crippen LogP contribution >= 0.6 is 0 Å².